The van der Waals surface area contributed by atoms with E-state index in [-0.39, 0.29) is 11.8 Å². The summed E-state index contributed by atoms with van der Waals surface area (Å²) in [5.41, 5.74) is 3.34. The van der Waals surface area contributed by atoms with E-state index in [1.807, 2.05) is 23.1 Å². The molecule has 128 valence electrons. The van der Waals surface area contributed by atoms with Crippen LogP contribution in [0.1, 0.15) is 48.6 Å². The van der Waals surface area contributed by atoms with E-state index in [1.165, 1.54) is 5.56 Å². The first-order valence-corrected chi connectivity index (χ1v) is 8.63. The summed E-state index contributed by atoms with van der Waals surface area (Å²) in [5, 5.41) is 0. The van der Waals surface area contributed by atoms with Gasteiger partial charge in [-0.1, -0.05) is 36.8 Å². The lowest BCUT2D eigenvalue weighted by molar-refractivity contribution is -0.132. The fourth-order valence-electron chi connectivity index (χ4n) is 3.32. The van der Waals surface area contributed by atoms with Crippen LogP contribution in [0.4, 0.5) is 0 Å². The quantitative estimate of drug-likeness (QED) is 0.795. The standard InChI is InChI=1S/C19H25N3O2/c1-24-11-7-3-6-10-18(23)22-12-16(15-8-4-2-5-9-15)19-17(13-22)20-14-21-19/h2,4-5,8-9,14,16H,3,6-7,10-13H2,1H3,(H,20,21). The topological polar surface area (TPSA) is 58.2 Å². The van der Waals surface area contributed by atoms with Crippen LogP contribution >= 0.6 is 0 Å². The Bertz CT molecular complexity index is 654. The number of imidazole rings is 1. The first-order chi connectivity index (χ1) is 11.8. The van der Waals surface area contributed by atoms with Gasteiger partial charge in [0.05, 0.1) is 24.3 Å². The van der Waals surface area contributed by atoms with Crippen molar-refractivity contribution >= 4 is 5.91 Å². The molecule has 0 bridgehead atoms. The average Bonchev–Trinajstić information content (AvgIpc) is 3.10. The van der Waals surface area contributed by atoms with Gasteiger partial charge in [-0.05, 0) is 18.4 Å². The van der Waals surface area contributed by atoms with Crippen molar-refractivity contribution in [3.05, 3.63) is 53.6 Å². The molecule has 3 rings (SSSR count). The van der Waals surface area contributed by atoms with E-state index in [1.54, 1.807) is 13.4 Å². The molecule has 1 aliphatic heterocycles. The lowest BCUT2D eigenvalue weighted by atomic mass is 9.91. The largest absolute Gasteiger partial charge is 0.385 e. The van der Waals surface area contributed by atoms with Crippen molar-refractivity contribution in [3.8, 4) is 0 Å². The molecule has 1 N–H and O–H groups in total. The first kappa shape index (κ1) is 16.7. The van der Waals surface area contributed by atoms with E-state index in [0.717, 1.165) is 37.3 Å². The van der Waals surface area contributed by atoms with Crippen molar-refractivity contribution in [2.45, 2.75) is 38.1 Å². The van der Waals surface area contributed by atoms with Gasteiger partial charge >= 0.3 is 0 Å². The zero-order valence-electron chi connectivity index (χ0n) is 14.2. The van der Waals surface area contributed by atoms with Gasteiger partial charge in [-0.15, -0.1) is 0 Å². The van der Waals surface area contributed by atoms with Crippen LogP contribution in [0, 0.1) is 0 Å². The lowest BCUT2D eigenvalue weighted by Crippen LogP contribution is -2.38. The lowest BCUT2D eigenvalue weighted by Gasteiger charge is -2.32. The number of H-pyrrole nitrogens is 1. The molecule has 1 atom stereocenters. The normalized spacial score (nSPS) is 16.9. The number of methoxy groups -OCH3 is 1. The molecule has 1 aromatic carbocycles. The van der Waals surface area contributed by atoms with Crippen LogP contribution < -0.4 is 0 Å². The Morgan fingerprint density at radius 2 is 2.12 bits per heavy atom. The number of benzene rings is 1. The Morgan fingerprint density at radius 3 is 2.92 bits per heavy atom. The zero-order valence-corrected chi connectivity index (χ0v) is 14.2. The maximum atomic E-state index is 12.6. The molecule has 0 radical (unpaired) electrons. The third kappa shape index (κ3) is 3.85. The number of fused-ring (bicyclic) bond motifs is 1. The molecule has 1 aliphatic rings. The number of unbranched alkanes of at least 4 members (excludes halogenated alkanes) is 2. The molecule has 5 heteroatoms. The average molecular weight is 327 g/mol. The predicted molar refractivity (Wildman–Crippen MR) is 92.6 cm³/mol. The number of hydrogen-bond donors (Lipinski definition) is 1. The Balaban J connectivity index is 1.65. The number of nitrogens with zero attached hydrogens (tertiary/aromatic N) is 2. The number of aromatic amines is 1. The van der Waals surface area contributed by atoms with Gasteiger partial charge in [-0.3, -0.25) is 4.79 Å². The Labute approximate surface area is 143 Å². The third-order valence-corrected chi connectivity index (χ3v) is 4.63. The Hall–Kier alpha value is -2.14. The summed E-state index contributed by atoms with van der Waals surface area (Å²) in [7, 11) is 1.71. The zero-order chi connectivity index (χ0) is 16.8. The summed E-state index contributed by atoms with van der Waals surface area (Å²) in [6.07, 6.45) is 5.31. The number of nitrogens with one attached hydrogen (secondary N) is 1. The van der Waals surface area contributed by atoms with Crippen molar-refractivity contribution in [1.82, 2.24) is 14.9 Å². The highest BCUT2D eigenvalue weighted by atomic mass is 16.5. The fraction of sp³-hybridized carbons (Fsp3) is 0.474. The maximum Gasteiger partial charge on any atom is 0.222 e. The minimum Gasteiger partial charge on any atom is -0.385 e. The fourth-order valence-corrected chi connectivity index (χ4v) is 3.32. The summed E-state index contributed by atoms with van der Waals surface area (Å²) in [6, 6.07) is 10.3. The van der Waals surface area contributed by atoms with Crippen molar-refractivity contribution in [1.29, 1.82) is 0 Å². The molecule has 0 fully saturated rings. The van der Waals surface area contributed by atoms with Gasteiger partial charge in [0.15, 0.2) is 0 Å². The molecule has 24 heavy (non-hydrogen) atoms. The highest BCUT2D eigenvalue weighted by Gasteiger charge is 2.30. The number of amides is 1. The second-order valence-electron chi connectivity index (χ2n) is 6.31. The van der Waals surface area contributed by atoms with Crippen molar-refractivity contribution < 1.29 is 9.53 Å². The van der Waals surface area contributed by atoms with E-state index in [9.17, 15) is 4.79 Å². The predicted octanol–water partition coefficient (Wildman–Crippen LogP) is 3.09. The number of aromatic nitrogens is 2. The van der Waals surface area contributed by atoms with E-state index >= 15 is 0 Å². The van der Waals surface area contributed by atoms with Crippen LogP contribution in [0.5, 0.6) is 0 Å². The summed E-state index contributed by atoms with van der Waals surface area (Å²) in [6.45, 7) is 2.11. The van der Waals surface area contributed by atoms with E-state index < -0.39 is 0 Å². The first-order valence-electron chi connectivity index (χ1n) is 8.63. The summed E-state index contributed by atoms with van der Waals surface area (Å²) < 4.78 is 5.05. The van der Waals surface area contributed by atoms with Gasteiger partial charge in [-0.25, -0.2) is 4.98 Å². The van der Waals surface area contributed by atoms with Crippen LogP contribution in [0.15, 0.2) is 36.7 Å². The molecular formula is C19H25N3O2. The maximum absolute atomic E-state index is 12.6. The smallest absolute Gasteiger partial charge is 0.222 e. The Morgan fingerprint density at radius 1 is 1.29 bits per heavy atom. The van der Waals surface area contributed by atoms with Gasteiger partial charge in [-0.2, -0.15) is 0 Å². The number of carbonyl (C=O) groups is 1. The number of carbonyl (C=O) groups excluding carboxylic acids is 1. The van der Waals surface area contributed by atoms with Gasteiger partial charge in [0.2, 0.25) is 5.91 Å². The van der Waals surface area contributed by atoms with Gasteiger partial charge in [0.25, 0.3) is 0 Å². The van der Waals surface area contributed by atoms with Crippen molar-refractivity contribution in [2.24, 2.45) is 0 Å². The molecule has 2 aromatic rings. The number of rotatable bonds is 7. The Kier molecular flexibility index (Phi) is 5.64. The summed E-state index contributed by atoms with van der Waals surface area (Å²) >= 11 is 0. The molecule has 0 spiro atoms. The van der Waals surface area contributed by atoms with Gasteiger partial charge in [0, 0.05) is 32.6 Å². The summed E-state index contributed by atoms with van der Waals surface area (Å²) in [5.74, 6) is 0.382. The molecule has 1 unspecified atom stereocenters. The molecule has 1 amide bonds. The highest BCUT2D eigenvalue weighted by molar-refractivity contribution is 5.76. The molecule has 0 saturated heterocycles. The molecule has 5 nitrogen and oxygen atoms in total. The third-order valence-electron chi connectivity index (χ3n) is 4.63. The van der Waals surface area contributed by atoms with Crippen LogP contribution in [0.25, 0.3) is 0 Å². The SMILES string of the molecule is COCCCCCC(=O)N1Cc2[nH]cnc2C(c2ccccc2)C1. The minimum absolute atomic E-state index is 0.152. The van der Waals surface area contributed by atoms with Crippen molar-refractivity contribution in [2.75, 3.05) is 20.3 Å². The van der Waals surface area contributed by atoms with E-state index in [0.29, 0.717) is 19.5 Å². The highest BCUT2D eigenvalue weighted by Crippen LogP contribution is 2.31. The van der Waals surface area contributed by atoms with Crippen molar-refractivity contribution in [3.63, 3.8) is 0 Å². The number of ether oxygens (including phenoxy) is 1. The molecule has 0 saturated carbocycles. The second-order valence-corrected chi connectivity index (χ2v) is 6.31. The number of hydrogen-bond acceptors (Lipinski definition) is 3. The molecule has 1 aromatic heterocycles. The van der Waals surface area contributed by atoms with E-state index in [2.05, 4.69) is 22.1 Å². The molecule has 0 aliphatic carbocycles. The van der Waals surface area contributed by atoms with E-state index in [4.69, 9.17) is 4.74 Å². The van der Waals surface area contributed by atoms with Crippen LogP contribution in [0.2, 0.25) is 0 Å². The minimum atomic E-state index is 0.152. The second kappa shape index (κ2) is 8.11. The van der Waals surface area contributed by atoms with Crippen LogP contribution in [-0.2, 0) is 16.1 Å². The van der Waals surface area contributed by atoms with Crippen LogP contribution in [-0.4, -0.2) is 41.0 Å². The van der Waals surface area contributed by atoms with Crippen LogP contribution in [0.3, 0.4) is 0 Å². The monoisotopic (exact) mass is 327 g/mol. The van der Waals surface area contributed by atoms with Gasteiger partial charge in [0.1, 0.15) is 0 Å². The van der Waals surface area contributed by atoms with Gasteiger partial charge < -0.3 is 14.6 Å². The summed E-state index contributed by atoms with van der Waals surface area (Å²) in [4.78, 5) is 22.3. The molecule has 2 heterocycles. The molecular weight excluding hydrogens is 302 g/mol.